The van der Waals surface area contributed by atoms with Crippen molar-refractivity contribution >= 4 is 44.0 Å². The van der Waals surface area contributed by atoms with Crippen LogP contribution < -0.4 is 0 Å². The van der Waals surface area contributed by atoms with Crippen molar-refractivity contribution in [3.8, 4) is 0 Å². The van der Waals surface area contributed by atoms with Crippen molar-refractivity contribution in [1.82, 2.24) is 4.90 Å². The van der Waals surface area contributed by atoms with Gasteiger partial charge < -0.3 is 4.90 Å². The van der Waals surface area contributed by atoms with Crippen LogP contribution in [0.2, 0.25) is 0 Å². The summed E-state index contributed by atoms with van der Waals surface area (Å²) < 4.78 is 12.0. The summed E-state index contributed by atoms with van der Waals surface area (Å²) in [5.41, 5.74) is 0. The van der Waals surface area contributed by atoms with Gasteiger partial charge >= 0.3 is 0 Å². The second kappa shape index (κ2) is 4.76. The molecule has 0 aliphatic carbocycles. The summed E-state index contributed by atoms with van der Waals surface area (Å²) in [6.07, 6.45) is 0. The molecule has 0 radical (unpaired) electrons. The van der Waals surface area contributed by atoms with Gasteiger partial charge in [0, 0.05) is 39.9 Å². The van der Waals surface area contributed by atoms with Crippen LogP contribution in [0.3, 0.4) is 0 Å². The van der Waals surface area contributed by atoms with Gasteiger partial charge in [-0.15, -0.1) is 11.3 Å². The third kappa shape index (κ3) is 2.49. The molecule has 0 aromatic carbocycles. The second-order valence-electron chi connectivity index (χ2n) is 3.24. The summed E-state index contributed by atoms with van der Waals surface area (Å²) in [5.74, 6) is 1.26. The Morgan fingerprint density at radius 3 is 2.67 bits per heavy atom. The fourth-order valence-electron chi connectivity index (χ4n) is 1.43. The maximum absolute atomic E-state index is 12.0. The van der Waals surface area contributed by atoms with E-state index in [9.17, 15) is 9.00 Å². The predicted octanol–water partition coefficient (Wildman–Crippen LogP) is 1.72. The number of nitrogens with zero attached hydrogens (tertiary/aromatic N) is 1. The number of halogens is 1. The predicted molar refractivity (Wildman–Crippen MR) is 65.8 cm³/mol. The van der Waals surface area contributed by atoms with Crippen LogP contribution in [0.1, 0.15) is 9.67 Å². The van der Waals surface area contributed by atoms with E-state index in [0.29, 0.717) is 24.6 Å². The molecule has 1 aromatic rings. The summed E-state index contributed by atoms with van der Waals surface area (Å²) in [6.45, 7) is 1.21. The third-order valence-electron chi connectivity index (χ3n) is 2.28. The average molecular weight is 308 g/mol. The minimum absolute atomic E-state index is 0.0496. The lowest BCUT2D eigenvalue weighted by Gasteiger charge is -2.25. The molecule has 3 nitrogen and oxygen atoms in total. The summed E-state index contributed by atoms with van der Waals surface area (Å²) in [4.78, 5) is 14.5. The van der Waals surface area contributed by atoms with Crippen molar-refractivity contribution in [3.63, 3.8) is 0 Å². The number of thiophene rings is 1. The Labute approximate surface area is 103 Å². The second-order valence-corrected chi connectivity index (χ2v) is 6.70. The van der Waals surface area contributed by atoms with Crippen LogP contribution >= 0.6 is 27.3 Å². The zero-order valence-corrected chi connectivity index (χ0v) is 11.2. The molecule has 15 heavy (non-hydrogen) atoms. The topological polar surface area (TPSA) is 37.4 Å². The summed E-state index contributed by atoms with van der Waals surface area (Å²) in [6, 6.07) is 1.87. The minimum Gasteiger partial charge on any atom is -0.336 e. The lowest BCUT2D eigenvalue weighted by molar-refractivity contribution is 0.0775. The fraction of sp³-hybridized carbons (Fsp3) is 0.444. The van der Waals surface area contributed by atoms with Crippen molar-refractivity contribution in [2.24, 2.45) is 0 Å². The van der Waals surface area contributed by atoms with Crippen molar-refractivity contribution in [2.45, 2.75) is 0 Å². The van der Waals surface area contributed by atoms with Crippen LogP contribution in [0.4, 0.5) is 0 Å². The first-order chi connectivity index (χ1) is 7.18. The quantitative estimate of drug-likeness (QED) is 0.792. The van der Waals surface area contributed by atoms with E-state index in [1.165, 1.54) is 11.3 Å². The Morgan fingerprint density at radius 1 is 1.47 bits per heavy atom. The molecule has 1 saturated heterocycles. The van der Waals surface area contributed by atoms with Crippen LogP contribution in [0.5, 0.6) is 0 Å². The molecule has 2 rings (SSSR count). The van der Waals surface area contributed by atoms with Gasteiger partial charge in [0.1, 0.15) is 4.88 Å². The van der Waals surface area contributed by atoms with Gasteiger partial charge in [-0.25, -0.2) is 0 Å². The highest BCUT2D eigenvalue weighted by Gasteiger charge is 2.23. The van der Waals surface area contributed by atoms with Gasteiger partial charge in [0.2, 0.25) is 0 Å². The maximum Gasteiger partial charge on any atom is 0.265 e. The van der Waals surface area contributed by atoms with Crippen molar-refractivity contribution < 1.29 is 9.00 Å². The molecule has 0 N–H and O–H groups in total. The lowest BCUT2D eigenvalue weighted by atomic mass is 10.4. The monoisotopic (exact) mass is 307 g/mol. The Hall–Kier alpha value is -0.200. The normalized spacial score (nSPS) is 18.1. The van der Waals surface area contributed by atoms with Crippen LogP contribution in [-0.4, -0.2) is 39.6 Å². The summed E-state index contributed by atoms with van der Waals surface area (Å²) >= 11 is 4.79. The van der Waals surface area contributed by atoms with E-state index < -0.39 is 10.8 Å². The van der Waals surface area contributed by atoms with E-state index in [0.717, 1.165) is 9.35 Å². The molecular formula is C9H10BrNO2S2. The van der Waals surface area contributed by atoms with Gasteiger partial charge in [-0.3, -0.25) is 9.00 Å². The van der Waals surface area contributed by atoms with Crippen LogP contribution in [0, 0.1) is 0 Å². The van der Waals surface area contributed by atoms with E-state index in [1.54, 1.807) is 4.90 Å². The number of rotatable bonds is 1. The van der Waals surface area contributed by atoms with Crippen LogP contribution in [0.15, 0.2) is 15.9 Å². The standard InChI is InChI=1S/C9H10BrNO2S2/c10-7-1-4-14-8(7)9(12)11-2-5-15(13)6-3-11/h1,4H,2-3,5-6H2. The van der Waals surface area contributed by atoms with Crippen molar-refractivity contribution in [3.05, 3.63) is 20.8 Å². The first-order valence-corrected chi connectivity index (χ1v) is 7.72. The molecule has 1 aliphatic heterocycles. The van der Waals surface area contributed by atoms with E-state index in [1.807, 2.05) is 11.4 Å². The molecule has 1 amide bonds. The lowest BCUT2D eigenvalue weighted by Crippen LogP contribution is -2.41. The Balaban J connectivity index is 2.09. The number of hydrogen-bond acceptors (Lipinski definition) is 3. The molecule has 0 unspecified atom stereocenters. The molecule has 6 heteroatoms. The van der Waals surface area contributed by atoms with Gasteiger partial charge in [-0.2, -0.15) is 0 Å². The number of hydrogen-bond donors (Lipinski definition) is 0. The highest BCUT2D eigenvalue weighted by atomic mass is 79.9. The number of amides is 1. The largest absolute Gasteiger partial charge is 0.336 e. The highest BCUT2D eigenvalue weighted by Crippen LogP contribution is 2.24. The first kappa shape index (κ1) is 11.3. The molecule has 0 spiro atoms. The van der Waals surface area contributed by atoms with Crippen molar-refractivity contribution in [1.29, 1.82) is 0 Å². The highest BCUT2D eigenvalue weighted by molar-refractivity contribution is 9.10. The zero-order valence-electron chi connectivity index (χ0n) is 7.94. The van der Waals surface area contributed by atoms with Gasteiger partial charge in [0.05, 0.1) is 0 Å². The number of carbonyl (C=O) groups is 1. The van der Waals surface area contributed by atoms with Crippen molar-refractivity contribution in [2.75, 3.05) is 24.6 Å². The fourth-order valence-corrected chi connectivity index (χ4v) is 3.99. The molecule has 82 valence electrons. The third-order valence-corrected chi connectivity index (χ3v) is 5.38. The van der Waals surface area contributed by atoms with E-state index in [2.05, 4.69) is 15.9 Å². The van der Waals surface area contributed by atoms with E-state index >= 15 is 0 Å². The van der Waals surface area contributed by atoms with Gasteiger partial charge in [0.15, 0.2) is 0 Å². The molecule has 0 atom stereocenters. The van der Waals surface area contributed by atoms with Gasteiger partial charge in [-0.05, 0) is 27.4 Å². The SMILES string of the molecule is O=C(c1sccc1Br)N1CCS(=O)CC1. The van der Waals surface area contributed by atoms with E-state index in [-0.39, 0.29) is 5.91 Å². The smallest absolute Gasteiger partial charge is 0.265 e. The zero-order chi connectivity index (χ0) is 10.8. The Morgan fingerprint density at radius 2 is 2.13 bits per heavy atom. The molecule has 2 heterocycles. The minimum atomic E-state index is -0.732. The van der Waals surface area contributed by atoms with E-state index in [4.69, 9.17) is 0 Å². The average Bonchev–Trinajstić information content (AvgIpc) is 2.65. The number of carbonyl (C=O) groups excluding carboxylic acids is 1. The maximum atomic E-state index is 12.0. The van der Waals surface area contributed by atoms with Crippen LogP contribution in [-0.2, 0) is 10.8 Å². The molecule has 0 saturated carbocycles. The molecule has 0 bridgehead atoms. The molecule has 1 fully saturated rings. The first-order valence-electron chi connectivity index (χ1n) is 4.56. The Kier molecular flexibility index (Phi) is 3.58. The molecular weight excluding hydrogens is 298 g/mol. The molecule has 1 aliphatic rings. The Bertz CT molecular complexity index is 395. The van der Waals surface area contributed by atoms with Gasteiger partial charge in [-0.1, -0.05) is 0 Å². The summed E-state index contributed by atoms with van der Waals surface area (Å²) in [5, 5.41) is 1.89. The van der Waals surface area contributed by atoms with Gasteiger partial charge in [0.25, 0.3) is 5.91 Å². The summed E-state index contributed by atoms with van der Waals surface area (Å²) in [7, 11) is -0.732. The van der Waals surface area contributed by atoms with Crippen LogP contribution in [0.25, 0.3) is 0 Å². The molecule has 1 aromatic heterocycles.